The van der Waals surface area contributed by atoms with Crippen molar-refractivity contribution in [3.63, 3.8) is 0 Å². The molecule has 1 saturated carbocycles. The van der Waals surface area contributed by atoms with Gasteiger partial charge in [0.1, 0.15) is 0 Å². The van der Waals surface area contributed by atoms with Crippen molar-refractivity contribution in [1.29, 1.82) is 0 Å². The van der Waals surface area contributed by atoms with Crippen LogP contribution in [0.1, 0.15) is 43.6 Å². The van der Waals surface area contributed by atoms with Gasteiger partial charge in [-0.1, -0.05) is 141 Å². The molecule has 2 nitrogen and oxygen atoms in total. The highest BCUT2D eigenvalue weighted by Crippen LogP contribution is 2.45. The first kappa shape index (κ1) is 30.1. The fourth-order valence-electron chi connectivity index (χ4n) is 9.03. The Kier molecular flexibility index (Phi) is 7.38. The number of para-hydroxylation sites is 2. The van der Waals surface area contributed by atoms with Crippen LogP contribution >= 0.6 is 0 Å². The minimum absolute atomic E-state index is 0.105. The number of fused-ring (bicyclic) bond motifs is 4. The van der Waals surface area contributed by atoms with Crippen LogP contribution in [0, 0.1) is 0 Å². The number of hydrogen-bond acceptors (Lipinski definition) is 2. The normalized spacial score (nSPS) is 14.9. The first-order chi connectivity index (χ1) is 25.3. The first-order valence-corrected chi connectivity index (χ1v) is 18.6. The van der Waals surface area contributed by atoms with Gasteiger partial charge in [0.05, 0.1) is 0 Å². The molecular weight excluding hydrogens is 615 g/mol. The minimum atomic E-state index is 0.105. The summed E-state index contributed by atoms with van der Waals surface area (Å²) in [7, 11) is 0. The second kappa shape index (κ2) is 12.5. The van der Waals surface area contributed by atoms with Crippen LogP contribution in [0.4, 0.5) is 34.1 Å². The third kappa shape index (κ3) is 5.10. The Labute approximate surface area is 301 Å². The molecule has 3 heteroatoms. The second-order valence-electron chi connectivity index (χ2n) is 14.4. The van der Waals surface area contributed by atoms with Gasteiger partial charge >= 0.3 is 0 Å². The number of benzene rings is 7. The molecule has 0 radical (unpaired) electrons. The standard InChI is InChI=1S/C48H39BN2/c1-5-14-34(15-6-1)36-24-26-37(27-25-36)39-29-31-45-43(33-39)49-42-32-38(35-16-7-2-8-17-35)28-30-44(42)50(40-18-9-3-10-19-40)46-22-13-23-47(48(46)49)51(45)41-20-11-4-12-21-41/h1,3-6,9-15,18-33,35H,2,7-8,16-17H2. The van der Waals surface area contributed by atoms with Gasteiger partial charge in [-0.25, -0.2) is 0 Å². The van der Waals surface area contributed by atoms with Crippen LogP contribution in [0.2, 0.25) is 0 Å². The lowest BCUT2D eigenvalue weighted by atomic mass is 9.33. The van der Waals surface area contributed by atoms with E-state index in [1.807, 2.05) is 0 Å². The lowest BCUT2D eigenvalue weighted by Crippen LogP contribution is -2.61. The summed E-state index contributed by atoms with van der Waals surface area (Å²) in [5.41, 5.74) is 18.0. The maximum Gasteiger partial charge on any atom is 0.252 e. The predicted octanol–water partition coefficient (Wildman–Crippen LogP) is 11.2. The van der Waals surface area contributed by atoms with Crippen molar-refractivity contribution >= 4 is 57.2 Å². The van der Waals surface area contributed by atoms with Gasteiger partial charge in [0.15, 0.2) is 0 Å². The summed E-state index contributed by atoms with van der Waals surface area (Å²) in [6.45, 7) is 0.105. The molecule has 51 heavy (non-hydrogen) atoms. The van der Waals surface area contributed by atoms with Gasteiger partial charge in [0, 0.05) is 34.1 Å². The third-order valence-electron chi connectivity index (χ3n) is 11.4. The van der Waals surface area contributed by atoms with Crippen molar-refractivity contribution in [1.82, 2.24) is 0 Å². The van der Waals surface area contributed by atoms with Gasteiger partial charge in [0.2, 0.25) is 0 Å². The van der Waals surface area contributed by atoms with Crippen LogP contribution in [-0.4, -0.2) is 6.71 Å². The molecule has 10 rings (SSSR count). The van der Waals surface area contributed by atoms with E-state index in [0.29, 0.717) is 5.92 Å². The van der Waals surface area contributed by atoms with Crippen LogP contribution in [0.25, 0.3) is 22.3 Å². The Bertz CT molecular complexity index is 2330. The molecule has 1 fully saturated rings. The fraction of sp³-hybridized carbons (Fsp3) is 0.125. The second-order valence-corrected chi connectivity index (χ2v) is 14.4. The molecule has 2 heterocycles. The minimum Gasteiger partial charge on any atom is -0.311 e. The van der Waals surface area contributed by atoms with Gasteiger partial charge in [-0.2, -0.15) is 0 Å². The quantitative estimate of drug-likeness (QED) is 0.170. The molecule has 7 aromatic rings. The molecule has 0 bridgehead atoms. The number of anilines is 6. The Morgan fingerprint density at radius 1 is 0.392 bits per heavy atom. The zero-order valence-corrected chi connectivity index (χ0v) is 28.8. The summed E-state index contributed by atoms with van der Waals surface area (Å²) in [6.07, 6.45) is 6.59. The van der Waals surface area contributed by atoms with Gasteiger partial charge in [-0.3, -0.25) is 0 Å². The highest BCUT2D eigenvalue weighted by molar-refractivity contribution is 7.00. The number of hydrogen-bond donors (Lipinski definition) is 0. The summed E-state index contributed by atoms with van der Waals surface area (Å²) in [4.78, 5) is 5.00. The molecular formula is C48H39BN2. The molecule has 0 spiro atoms. The SMILES string of the molecule is c1ccc(-c2ccc(-c3ccc4c(c3)B3c5cc(C6CCCCC6)ccc5N(c5ccccc5)c5cccc(c53)N4c3ccccc3)cc2)cc1. The van der Waals surface area contributed by atoms with Crippen LogP contribution in [-0.2, 0) is 0 Å². The molecule has 0 N–H and O–H groups in total. The topological polar surface area (TPSA) is 6.48 Å². The molecule has 7 aromatic carbocycles. The van der Waals surface area contributed by atoms with Crippen LogP contribution in [0.15, 0.2) is 170 Å². The summed E-state index contributed by atoms with van der Waals surface area (Å²) >= 11 is 0. The van der Waals surface area contributed by atoms with Gasteiger partial charge < -0.3 is 9.80 Å². The first-order valence-electron chi connectivity index (χ1n) is 18.6. The highest BCUT2D eigenvalue weighted by atomic mass is 15.2. The van der Waals surface area contributed by atoms with Crippen molar-refractivity contribution in [3.05, 3.63) is 175 Å². The summed E-state index contributed by atoms with van der Waals surface area (Å²) in [5, 5.41) is 0. The molecule has 0 amide bonds. The molecule has 244 valence electrons. The summed E-state index contributed by atoms with van der Waals surface area (Å²) in [5.74, 6) is 0.629. The third-order valence-corrected chi connectivity index (χ3v) is 11.4. The van der Waals surface area contributed by atoms with Gasteiger partial charge in [0.25, 0.3) is 6.71 Å². The predicted molar refractivity (Wildman–Crippen MR) is 217 cm³/mol. The Hall–Kier alpha value is -5.80. The maximum absolute atomic E-state index is 2.59. The van der Waals surface area contributed by atoms with E-state index in [9.17, 15) is 0 Å². The van der Waals surface area contributed by atoms with E-state index in [-0.39, 0.29) is 6.71 Å². The molecule has 0 unspecified atom stereocenters. The monoisotopic (exact) mass is 654 g/mol. The van der Waals surface area contributed by atoms with Crippen molar-refractivity contribution in [2.45, 2.75) is 38.0 Å². The summed E-state index contributed by atoms with van der Waals surface area (Å²) in [6, 6.07) is 63.1. The van der Waals surface area contributed by atoms with E-state index in [0.717, 1.165) is 0 Å². The van der Waals surface area contributed by atoms with Crippen molar-refractivity contribution in [2.24, 2.45) is 0 Å². The van der Waals surface area contributed by atoms with Gasteiger partial charge in [-0.05, 0) is 111 Å². The van der Waals surface area contributed by atoms with Crippen LogP contribution in [0.3, 0.4) is 0 Å². The lowest BCUT2D eigenvalue weighted by Gasteiger charge is -2.44. The van der Waals surface area contributed by atoms with E-state index >= 15 is 0 Å². The number of nitrogens with zero attached hydrogens (tertiary/aromatic N) is 2. The Balaban J connectivity index is 1.20. The Morgan fingerprint density at radius 2 is 0.882 bits per heavy atom. The Morgan fingerprint density at radius 3 is 1.49 bits per heavy atom. The van der Waals surface area contributed by atoms with Crippen molar-refractivity contribution in [2.75, 3.05) is 9.80 Å². The van der Waals surface area contributed by atoms with E-state index in [2.05, 4.69) is 180 Å². The molecule has 0 atom stereocenters. The van der Waals surface area contributed by atoms with Crippen LogP contribution in [0.5, 0.6) is 0 Å². The maximum atomic E-state index is 2.59. The zero-order chi connectivity index (χ0) is 33.7. The molecule has 0 aromatic heterocycles. The molecule has 0 saturated heterocycles. The average Bonchev–Trinajstić information content (AvgIpc) is 3.22. The van der Waals surface area contributed by atoms with E-state index in [4.69, 9.17) is 0 Å². The summed E-state index contributed by atoms with van der Waals surface area (Å²) < 4.78 is 0. The van der Waals surface area contributed by atoms with Crippen LogP contribution < -0.4 is 26.2 Å². The van der Waals surface area contributed by atoms with Gasteiger partial charge in [-0.15, -0.1) is 0 Å². The average molecular weight is 655 g/mol. The highest BCUT2D eigenvalue weighted by Gasteiger charge is 2.43. The largest absolute Gasteiger partial charge is 0.311 e. The molecule has 3 aliphatic rings. The van der Waals surface area contributed by atoms with E-state index in [1.165, 1.54) is 110 Å². The molecule has 2 aliphatic heterocycles. The molecule has 1 aliphatic carbocycles. The smallest absolute Gasteiger partial charge is 0.252 e. The van der Waals surface area contributed by atoms with E-state index < -0.39 is 0 Å². The zero-order valence-electron chi connectivity index (χ0n) is 28.8. The van der Waals surface area contributed by atoms with Crippen molar-refractivity contribution in [3.8, 4) is 22.3 Å². The fourth-order valence-corrected chi connectivity index (χ4v) is 9.03. The lowest BCUT2D eigenvalue weighted by molar-refractivity contribution is 0.444. The van der Waals surface area contributed by atoms with Crippen molar-refractivity contribution < 1.29 is 0 Å². The van der Waals surface area contributed by atoms with E-state index in [1.54, 1.807) is 0 Å². The number of rotatable bonds is 5.